The zero-order valence-corrected chi connectivity index (χ0v) is 15.8. The van der Waals surface area contributed by atoms with Gasteiger partial charge >= 0.3 is 6.18 Å². The molecular formula is C21H19F5N4. The fourth-order valence-electron chi connectivity index (χ4n) is 2.84. The minimum absolute atomic E-state index is 0.438. The Hall–Kier alpha value is -3.36. The number of halogens is 5. The molecule has 3 rings (SSSR count). The lowest BCUT2D eigenvalue weighted by Gasteiger charge is -2.14. The minimum atomic E-state index is -4.45. The molecule has 0 amide bonds. The van der Waals surface area contributed by atoms with Crippen LogP contribution in [0.15, 0.2) is 61.2 Å². The lowest BCUT2D eigenvalue weighted by Crippen LogP contribution is -2.18. The van der Waals surface area contributed by atoms with Crippen molar-refractivity contribution in [3.05, 3.63) is 84.1 Å². The van der Waals surface area contributed by atoms with Crippen LogP contribution in [0.25, 0.3) is 10.9 Å². The molecule has 0 aliphatic carbocycles. The second-order valence-electron chi connectivity index (χ2n) is 6.68. The molecule has 0 aliphatic heterocycles. The van der Waals surface area contributed by atoms with Gasteiger partial charge < -0.3 is 15.6 Å². The van der Waals surface area contributed by atoms with E-state index in [9.17, 15) is 22.0 Å². The Morgan fingerprint density at radius 1 is 1.07 bits per heavy atom. The molecule has 0 aliphatic rings. The predicted octanol–water partition coefficient (Wildman–Crippen LogP) is 5.52. The molecule has 3 aromatic rings. The molecule has 2 heterocycles. The molecule has 2 aromatic heterocycles. The average Bonchev–Trinajstić information content (AvgIpc) is 3.06. The van der Waals surface area contributed by atoms with Crippen molar-refractivity contribution < 1.29 is 22.0 Å². The van der Waals surface area contributed by atoms with Gasteiger partial charge in [0.05, 0.1) is 16.9 Å². The molecule has 0 unspecified atom stereocenters. The summed E-state index contributed by atoms with van der Waals surface area (Å²) in [6.07, 6.45) is -0.484. The molecule has 0 saturated heterocycles. The summed E-state index contributed by atoms with van der Waals surface area (Å²) in [5, 5.41) is 6.54. The van der Waals surface area contributed by atoms with Gasteiger partial charge in [-0.1, -0.05) is 19.2 Å². The maximum Gasteiger partial charge on any atom is 0.433 e. The first kappa shape index (κ1) is 21.4. The van der Waals surface area contributed by atoms with Crippen molar-refractivity contribution in [2.24, 2.45) is 0 Å². The fourth-order valence-corrected chi connectivity index (χ4v) is 2.84. The van der Waals surface area contributed by atoms with Crippen LogP contribution in [0.1, 0.15) is 17.7 Å². The van der Waals surface area contributed by atoms with Gasteiger partial charge in [-0.25, -0.2) is 8.78 Å². The summed E-state index contributed by atoms with van der Waals surface area (Å²) in [5.74, 6) is -1.89. The predicted molar refractivity (Wildman–Crippen MR) is 106 cm³/mol. The Morgan fingerprint density at radius 2 is 1.80 bits per heavy atom. The van der Waals surface area contributed by atoms with Crippen LogP contribution < -0.4 is 10.6 Å². The number of pyridine rings is 1. The molecule has 0 bridgehead atoms. The lowest BCUT2D eigenvalue weighted by atomic mass is 10.1. The number of benzene rings is 1. The van der Waals surface area contributed by atoms with Crippen LogP contribution in [0, 0.1) is 11.6 Å². The lowest BCUT2D eigenvalue weighted by molar-refractivity contribution is -0.141. The number of hydrogen-bond donors (Lipinski definition) is 3. The summed E-state index contributed by atoms with van der Waals surface area (Å²) in [5.41, 5.74) is 1.68. The summed E-state index contributed by atoms with van der Waals surface area (Å²) in [6, 6.07) is 4.53. The number of hydrogen-bond acceptors (Lipinski definition) is 3. The van der Waals surface area contributed by atoms with E-state index in [1.807, 2.05) is 0 Å². The van der Waals surface area contributed by atoms with E-state index in [2.05, 4.69) is 33.8 Å². The van der Waals surface area contributed by atoms with E-state index in [1.165, 1.54) is 12.3 Å². The van der Waals surface area contributed by atoms with Gasteiger partial charge in [0.2, 0.25) is 0 Å². The molecule has 0 saturated carbocycles. The second kappa shape index (κ2) is 8.56. The van der Waals surface area contributed by atoms with Crippen LogP contribution >= 0.6 is 0 Å². The highest BCUT2D eigenvalue weighted by molar-refractivity contribution is 5.93. The minimum Gasteiger partial charge on any atom is -0.384 e. The Labute approximate surface area is 169 Å². The molecular weight excluding hydrogens is 403 g/mol. The SMILES string of the molecule is C=C(NCCCc1ccc(C(F)(F)F)nc1)C(=C)Nc1c[nH]c2cc(F)c(F)cc12. The number of alkyl halides is 3. The van der Waals surface area contributed by atoms with E-state index >= 15 is 0 Å². The van der Waals surface area contributed by atoms with Crippen molar-refractivity contribution in [3.8, 4) is 0 Å². The fraction of sp³-hybridized carbons (Fsp3) is 0.190. The van der Waals surface area contributed by atoms with Gasteiger partial charge in [-0.3, -0.25) is 4.98 Å². The molecule has 1 aromatic carbocycles. The topological polar surface area (TPSA) is 52.7 Å². The van der Waals surface area contributed by atoms with Gasteiger partial charge in [0.1, 0.15) is 5.69 Å². The Morgan fingerprint density at radius 3 is 2.47 bits per heavy atom. The Bertz CT molecular complexity index is 1070. The largest absolute Gasteiger partial charge is 0.433 e. The number of fused-ring (bicyclic) bond motifs is 1. The number of rotatable bonds is 8. The van der Waals surface area contributed by atoms with Crippen molar-refractivity contribution in [1.29, 1.82) is 0 Å². The maximum absolute atomic E-state index is 13.5. The zero-order chi connectivity index (χ0) is 21.9. The van der Waals surface area contributed by atoms with Crippen LogP contribution in [0.3, 0.4) is 0 Å². The van der Waals surface area contributed by atoms with Gasteiger partial charge in [-0.15, -0.1) is 0 Å². The van der Waals surface area contributed by atoms with Crippen LogP contribution in [-0.4, -0.2) is 16.5 Å². The first-order chi connectivity index (χ1) is 14.1. The monoisotopic (exact) mass is 422 g/mol. The molecule has 0 atom stereocenters. The third-order valence-electron chi connectivity index (χ3n) is 4.47. The van der Waals surface area contributed by atoms with Crippen molar-refractivity contribution in [2.75, 3.05) is 11.9 Å². The van der Waals surface area contributed by atoms with E-state index in [4.69, 9.17) is 0 Å². The molecule has 3 N–H and O–H groups in total. The van der Waals surface area contributed by atoms with E-state index in [0.717, 1.165) is 18.2 Å². The summed E-state index contributed by atoms with van der Waals surface area (Å²) in [4.78, 5) is 6.28. The van der Waals surface area contributed by atoms with Crippen molar-refractivity contribution in [3.63, 3.8) is 0 Å². The van der Waals surface area contributed by atoms with Crippen molar-refractivity contribution in [2.45, 2.75) is 19.0 Å². The summed E-state index contributed by atoms with van der Waals surface area (Å²) in [7, 11) is 0. The Kier molecular flexibility index (Phi) is 6.09. The molecule has 9 heteroatoms. The van der Waals surface area contributed by atoms with Gasteiger partial charge in [-0.05, 0) is 30.5 Å². The number of H-pyrrole nitrogens is 1. The number of anilines is 1. The Balaban J connectivity index is 1.48. The highest BCUT2D eigenvalue weighted by atomic mass is 19.4. The van der Waals surface area contributed by atoms with E-state index in [0.29, 0.717) is 52.9 Å². The number of nitrogens with one attached hydrogen (secondary N) is 3. The van der Waals surface area contributed by atoms with E-state index < -0.39 is 23.5 Å². The number of aryl methyl sites for hydroxylation is 1. The summed E-state index contributed by atoms with van der Waals surface area (Å²) in [6.45, 7) is 8.26. The molecule has 0 fully saturated rings. The van der Waals surface area contributed by atoms with Crippen molar-refractivity contribution in [1.82, 2.24) is 15.3 Å². The van der Waals surface area contributed by atoms with E-state index in [-0.39, 0.29) is 0 Å². The van der Waals surface area contributed by atoms with Crippen LogP contribution in [0.5, 0.6) is 0 Å². The maximum atomic E-state index is 13.5. The van der Waals surface area contributed by atoms with Crippen LogP contribution in [0.4, 0.5) is 27.6 Å². The highest BCUT2D eigenvalue weighted by Gasteiger charge is 2.31. The number of nitrogens with zero attached hydrogens (tertiary/aromatic N) is 1. The first-order valence-electron chi connectivity index (χ1n) is 9.02. The summed E-state index contributed by atoms with van der Waals surface area (Å²) < 4.78 is 64.4. The molecule has 30 heavy (non-hydrogen) atoms. The second-order valence-corrected chi connectivity index (χ2v) is 6.68. The molecule has 0 spiro atoms. The smallest absolute Gasteiger partial charge is 0.384 e. The zero-order valence-electron chi connectivity index (χ0n) is 15.8. The number of aromatic nitrogens is 2. The summed E-state index contributed by atoms with van der Waals surface area (Å²) >= 11 is 0. The molecule has 158 valence electrons. The quantitative estimate of drug-likeness (QED) is 0.255. The van der Waals surface area contributed by atoms with Crippen molar-refractivity contribution >= 4 is 16.6 Å². The average molecular weight is 422 g/mol. The number of aromatic amines is 1. The normalized spacial score (nSPS) is 11.5. The van der Waals surface area contributed by atoms with Gasteiger partial charge in [-0.2, -0.15) is 13.2 Å². The van der Waals surface area contributed by atoms with Crippen LogP contribution in [-0.2, 0) is 12.6 Å². The van der Waals surface area contributed by atoms with Gasteiger partial charge in [0.25, 0.3) is 0 Å². The van der Waals surface area contributed by atoms with E-state index in [1.54, 1.807) is 6.20 Å². The third kappa shape index (κ3) is 4.97. The van der Waals surface area contributed by atoms with Gasteiger partial charge in [0, 0.05) is 36.1 Å². The third-order valence-corrected chi connectivity index (χ3v) is 4.47. The molecule has 4 nitrogen and oxygen atoms in total. The first-order valence-corrected chi connectivity index (χ1v) is 9.02. The molecule has 0 radical (unpaired) electrons. The highest BCUT2D eigenvalue weighted by Crippen LogP contribution is 2.28. The standard InChI is InChI=1S/C21H19F5N4/c1-12(27-7-3-4-14-5-6-20(29-10-14)21(24,25)26)13(2)30-19-11-28-18-9-17(23)16(22)8-15(18)19/h5-6,8-11,27-28,30H,1-4,7H2. The van der Waals surface area contributed by atoms with Gasteiger partial charge in [0.15, 0.2) is 11.6 Å². The van der Waals surface area contributed by atoms with Crippen LogP contribution in [0.2, 0.25) is 0 Å².